The highest BCUT2D eigenvalue weighted by Gasteiger charge is 2.25. The van der Waals surface area contributed by atoms with E-state index >= 15 is 0 Å². The summed E-state index contributed by atoms with van der Waals surface area (Å²) in [5.74, 6) is 2.86. The van der Waals surface area contributed by atoms with E-state index in [4.69, 9.17) is 23.7 Å². The van der Waals surface area contributed by atoms with Crippen LogP contribution in [0, 0.1) is 0 Å². The van der Waals surface area contributed by atoms with Gasteiger partial charge >= 0.3 is 12.2 Å². The lowest BCUT2D eigenvalue weighted by molar-refractivity contribution is -0.0801. The van der Waals surface area contributed by atoms with E-state index in [-0.39, 0.29) is 6.10 Å². The SMILES string of the molecule is COc1cc(CCNC(=O)OC(C)OC(=O)OC2CSC2)c(OC)cc1Br. The molecule has 0 aromatic heterocycles. The van der Waals surface area contributed by atoms with Gasteiger partial charge in [0.15, 0.2) is 0 Å². The third-order valence-electron chi connectivity index (χ3n) is 3.62. The van der Waals surface area contributed by atoms with Crippen molar-refractivity contribution in [3.05, 3.63) is 22.2 Å². The molecular weight excluding hydrogens is 442 g/mol. The second-order valence-corrected chi connectivity index (χ2v) is 7.52. The molecule has 1 amide bonds. The highest BCUT2D eigenvalue weighted by Crippen LogP contribution is 2.32. The molecule has 1 aliphatic heterocycles. The van der Waals surface area contributed by atoms with Gasteiger partial charge in [-0.1, -0.05) is 0 Å². The van der Waals surface area contributed by atoms with Gasteiger partial charge in [0.05, 0.1) is 18.7 Å². The van der Waals surface area contributed by atoms with Gasteiger partial charge in [-0.25, -0.2) is 9.59 Å². The molecule has 0 spiro atoms. The number of benzene rings is 1. The average molecular weight is 464 g/mol. The molecule has 2 rings (SSSR count). The predicted octanol–water partition coefficient (Wildman–Crippen LogP) is 3.35. The summed E-state index contributed by atoms with van der Waals surface area (Å²) < 4.78 is 26.2. The van der Waals surface area contributed by atoms with Gasteiger partial charge in [0.25, 0.3) is 0 Å². The Hall–Kier alpha value is -1.81. The van der Waals surface area contributed by atoms with Gasteiger partial charge in [-0.05, 0) is 40.0 Å². The van der Waals surface area contributed by atoms with Crippen molar-refractivity contribution in [3.8, 4) is 11.5 Å². The van der Waals surface area contributed by atoms with Crippen LogP contribution in [-0.2, 0) is 20.6 Å². The summed E-state index contributed by atoms with van der Waals surface area (Å²) in [4.78, 5) is 23.3. The maximum atomic E-state index is 11.8. The minimum atomic E-state index is -1.05. The zero-order valence-electron chi connectivity index (χ0n) is 15.3. The second kappa shape index (κ2) is 10.5. The first-order valence-electron chi connectivity index (χ1n) is 8.22. The fourth-order valence-corrected chi connectivity index (χ4v) is 3.26. The zero-order valence-corrected chi connectivity index (χ0v) is 17.7. The molecule has 27 heavy (non-hydrogen) atoms. The number of hydrogen-bond acceptors (Lipinski definition) is 8. The number of carbonyl (C=O) groups is 2. The van der Waals surface area contributed by atoms with Gasteiger partial charge in [-0.15, -0.1) is 0 Å². The quantitative estimate of drug-likeness (QED) is 0.463. The lowest BCUT2D eigenvalue weighted by Gasteiger charge is -2.24. The van der Waals surface area contributed by atoms with Gasteiger partial charge in [-0.2, -0.15) is 11.8 Å². The van der Waals surface area contributed by atoms with Crippen LogP contribution in [0.5, 0.6) is 11.5 Å². The van der Waals surface area contributed by atoms with E-state index < -0.39 is 18.5 Å². The summed E-state index contributed by atoms with van der Waals surface area (Å²) >= 11 is 5.08. The van der Waals surface area contributed by atoms with Crippen molar-refractivity contribution in [2.75, 3.05) is 32.3 Å². The van der Waals surface area contributed by atoms with Crippen molar-refractivity contribution in [1.29, 1.82) is 0 Å². The highest BCUT2D eigenvalue weighted by atomic mass is 79.9. The van der Waals surface area contributed by atoms with Crippen molar-refractivity contribution in [2.45, 2.75) is 25.7 Å². The number of halogens is 1. The lowest BCUT2D eigenvalue weighted by atomic mass is 10.1. The van der Waals surface area contributed by atoms with E-state index in [1.807, 2.05) is 6.07 Å². The molecule has 1 saturated heterocycles. The first-order valence-corrected chi connectivity index (χ1v) is 10.2. The van der Waals surface area contributed by atoms with Crippen LogP contribution in [0.4, 0.5) is 9.59 Å². The van der Waals surface area contributed by atoms with Gasteiger partial charge in [0, 0.05) is 25.0 Å². The molecule has 1 aromatic carbocycles. The van der Waals surface area contributed by atoms with Gasteiger partial charge in [-0.3, -0.25) is 0 Å². The number of alkyl carbamates (subject to hydrolysis) is 1. The molecule has 1 atom stereocenters. The van der Waals surface area contributed by atoms with Crippen LogP contribution in [0.1, 0.15) is 12.5 Å². The molecule has 0 bridgehead atoms. The lowest BCUT2D eigenvalue weighted by Crippen LogP contribution is -2.34. The van der Waals surface area contributed by atoms with Crippen LogP contribution < -0.4 is 14.8 Å². The topological polar surface area (TPSA) is 92.3 Å². The Labute approximate surface area is 170 Å². The molecule has 1 unspecified atom stereocenters. The van der Waals surface area contributed by atoms with Crippen LogP contribution >= 0.6 is 27.7 Å². The molecule has 10 heteroatoms. The molecule has 0 aliphatic carbocycles. The molecular formula is C17H22BrNO7S. The summed E-state index contributed by atoms with van der Waals surface area (Å²) in [5.41, 5.74) is 0.865. The maximum Gasteiger partial charge on any atom is 0.511 e. The van der Waals surface area contributed by atoms with Crippen molar-refractivity contribution in [2.24, 2.45) is 0 Å². The monoisotopic (exact) mass is 463 g/mol. The largest absolute Gasteiger partial charge is 0.511 e. The van der Waals surface area contributed by atoms with Crippen molar-refractivity contribution in [3.63, 3.8) is 0 Å². The molecule has 150 valence electrons. The third-order valence-corrected chi connectivity index (χ3v) is 5.46. The smallest absolute Gasteiger partial charge is 0.496 e. The number of carbonyl (C=O) groups excluding carboxylic acids is 2. The Bertz CT molecular complexity index is 669. The first kappa shape index (κ1) is 21.5. The van der Waals surface area contributed by atoms with Crippen LogP contribution in [0.2, 0.25) is 0 Å². The van der Waals surface area contributed by atoms with Crippen LogP contribution in [0.3, 0.4) is 0 Å². The number of hydrogen-bond donors (Lipinski definition) is 1. The van der Waals surface area contributed by atoms with E-state index in [2.05, 4.69) is 21.2 Å². The first-order chi connectivity index (χ1) is 12.9. The van der Waals surface area contributed by atoms with Crippen molar-refractivity contribution < 1.29 is 33.3 Å². The number of amides is 1. The molecule has 1 aromatic rings. The number of ether oxygens (including phenoxy) is 5. The Balaban J connectivity index is 1.74. The summed E-state index contributed by atoms with van der Waals surface area (Å²) in [6, 6.07) is 3.63. The van der Waals surface area contributed by atoms with Crippen molar-refractivity contribution in [1.82, 2.24) is 5.32 Å². The van der Waals surface area contributed by atoms with E-state index in [1.54, 1.807) is 32.0 Å². The minimum absolute atomic E-state index is 0.124. The van der Waals surface area contributed by atoms with E-state index in [1.165, 1.54) is 6.92 Å². The summed E-state index contributed by atoms with van der Waals surface area (Å²) in [7, 11) is 3.14. The average Bonchev–Trinajstić information content (AvgIpc) is 2.58. The minimum Gasteiger partial charge on any atom is -0.496 e. The van der Waals surface area contributed by atoms with Crippen LogP contribution in [0.25, 0.3) is 0 Å². The Kier molecular flexibility index (Phi) is 8.36. The standard InChI is InChI=1S/C17H22BrNO7S/c1-10(25-17(21)26-12-8-27-9-12)24-16(20)19-5-4-11-6-15(23-3)13(18)7-14(11)22-2/h6-7,10,12H,4-5,8-9H2,1-3H3,(H,19,20). The fraction of sp³-hybridized carbons (Fsp3) is 0.529. The zero-order chi connectivity index (χ0) is 19.8. The number of thioether (sulfide) groups is 1. The normalized spacial score (nSPS) is 14.5. The van der Waals surface area contributed by atoms with Crippen molar-refractivity contribution >= 4 is 39.9 Å². The second-order valence-electron chi connectivity index (χ2n) is 5.59. The molecule has 1 fully saturated rings. The van der Waals surface area contributed by atoms with E-state index in [0.29, 0.717) is 24.5 Å². The van der Waals surface area contributed by atoms with Crippen LogP contribution in [0.15, 0.2) is 16.6 Å². The summed E-state index contributed by atoms with van der Waals surface area (Å²) in [6.07, 6.45) is -2.21. The van der Waals surface area contributed by atoms with Gasteiger partial charge in [0.2, 0.25) is 6.29 Å². The van der Waals surface area contributed by atoms with E-state index in [0.717, 1.165) is 21.5 Å². The Morgan fingerprint density at radius 3 is 2.52 bits per heavy atom. The number of rotatable bonds is 8. The Morgan fingerprint density at radius 2 is 1.93 bits per heavy atom. The van der Waals surface area contributed by atoms with E-state index in [9.17, 15) is 9.59 Å². The number of nitrogens with one attached hydrogen (secondary N) is 1. The number of methoxy groups -OCH3 is 2. The predicted molar refractivity (Wildman–Crippen MR) is 104 cm³/mol. The van der Waals surface area contributed by atoms with Crippen LogP contribution in [-0.4, -0.2) is 56.9 Å². The van der Waals surface area contributed by atoms with Gasteiger partial charge < -0.3 is 29.0 Å². The molecule has 0 radical (unpaired) electrons. The Morgan fingerprint density at radius 1 is 1.22 bits per heavy atom. The molecule has 8 nitrogen and oxygen atoms in total. The highest BCUT2D eigenvalue weighted by molar-refractivity contribution is 9.10. The summed E-state index contributed by atoms with van der Waals surface area (Å²) in [5, 5.41) is 2.60. The third kappa shape index (κ3) is 6.69. The molecule has 0 saturated carbocycles. The fourth-order valence-electron chi connectivity index (χ4n) is 2.22. The maximum absolute atomic E-state index is 11.8. The molecule has 1 N–H and O–H groups in total. The molecule has 1 heterocycles. The summed E-state index contributed by atoms with van der Waals surface area (Å²) in [6.45, 7) is 1.75. The van der Waals surface area contributed by atoms with Gasteiger partial charge in [0.1, 0.15) is 17.6 Å². The molecule has 1 aliphatic rings.